The van der Waals surface area contributed by atoms with Crippen molar-refractivity contribution in [2.24, 2.45) is 0 Å². The minimum Gasteiger partial charge on any atom is -0.340 e. The van der Waals surface area contributed by atoms with Crippen molar-refractivity contribution in [3.8, 4) is 0 Å². The summed E-state index contributed by atoms with van der Waals surface area (Å²) < 4.78 is 13.5. The zero-order valence-electron chi connectivity index (χ0n) is 14.8. The van der Waals surface area contributed by atoms with E-state index in [9.17, 15) is 9.18 Å². The highest BCUT2D eigenvalue weighted by atomic mass is 19.1. The van der Waals surface area contributed by atoms with Gasteiger partial charge in [-0.1, -0.05) is 13.3 Å². The van der Waals surface area contributed by atoms with Crippen molar-refractivity contribution in [3.05, 3.63) is 47.3 Å². The second-order valence-corrected chi connectivity index (χ2v) is 6.81. The van der Waals surface area contributed by atoms with E-state index in [1.165, 1.54) is 12.1 Å². The molecule has 3 aromatic rings. The molecule has 1 atom stereocenters. The van der Waals surface area contributed by atoms with Gasteiger partial charge in [-0.05, 0) is 43.9 Å². The van der Waals surface area contributed by atoms with Crippen LogP contribution in [0.15, 0.2) is 24.4 Å². The number of hydrogen-bond acceptors (Lipinski definition) is 3. The maximum Gasteiger partial charge on any atom is 0.257 e. The lowest BCUT2D eigenvalue weighted by Gasteiger charge is -2.34. The molecule has 6 nitrogen and oxygen atoms in total. The molecule has 1 saturated heterocycles. The molecule has 2 N–H and O–H groups in total. The van der Waals surface area contributed by atoms with Crippen LogP contribution in [0.4, 0.5) is 4.39 Å². The van der Waals surface area contributed by atoms with Crippen molar-refractivity contribution >= 4 is 16.9 Å². The molecule has 1 aliphatic rings. The van der Waals surface area contributed by atoms with E-state index < -0.39 is 0 Å². The summed E-state index contributed by atoms with van der Waals surface area (Å²) in [5, 5.41) is 7.01. The quantitative estimate of drug-likeness (QED) is 0.748. The summed E-state index contributed by atoms with van der Waals surface area (Å²) in [5.41, 5.74) is 2.90. The molecule has 2 aromatic heterocycles. The fraction of sp³-hybridized carbons (Fsp3) is 0.421. The van der Waals surface area contributed by atoms with Crippen LogP contribution in [0.25, 0.3) is 11.0 Å². The Morgan fingerprint density at radius 2 is 2.27 bits per heavy atom. The average Bonchev–Trinajstić information content (AvgIpc) is 3.28. The number of likely N-dealkylation sites (tertiary alicyclic amines) is 1. The molecule has 0 spiro atoms. The van der Waals surface area contributed by atoms with Gasteiger partial charge in [0, 0.05) is 12.2 Å². The minimum atomic E-state index is -0.299. The summed E-state index contributed by atoms with van der Waals surface area (Å²) in [6.07, 6.45) is 6.21. The largest absolute Gasteiger partial charge is 0.340 e. The third-order valence-electron chi connectivity index (χ3n) is 4.99. The Bertz CT molecular complexity index is 931. The normalized spacial score (nSPS) is 17.8. The second kappa shape index (κ2) is 6.90. The Morgan fingerprint density at radius 1 is 1.38 bits per heavy atom. The number of piperidine rings is 1. The molecule has 0 saturated carbocycles. The number of carbonyl (C=O) groups is 1. The molecule has 0 radical (unpaired) electrons. The van der Waals surface area contributed by atoms with Crippen molar-refractivity contribution in [1.82, 2.24) is 25.1 Å². The molecule has 0 aliphatic carbocycles. The number of nitrogens with one attached hydrogen (secondary N) is 2. The number of imidazole rings is 1. The second-order valence-electron chi connectivity index (χ2n) is 6.81. The third kappa shape index (κ3) is 2.98. The summed E-state index contributed by atoms with van der Waals surface area (Å²) in [7, 11) is 0. The average molecular weight is 355 g/mol. The predicted molar refractivity (Wildman–Crippen MR) is 96.3 cm³/mol. The van der Waals surface area contributed by atoms with Crippen LogP contribution in [0.5, 0.6) is 0 Å². The van der Waals surface area contributed by atoms with Gasteiger partial charge in [-0.2, -0.15) is 5.10 Å². The van der Waals surface area contributed by atoms with Crippen LogP contribution >= 0.6 is 0 Å². The smallest absolute Gasteiger partial charge is 0.257 e. The molecular weight excluding hydrogens is 333 g/mol. The maximum absolute atomic E-state index is 13.5. The van der Waals surface area contributed by atoms with Crippen LogP contribution in [-0.4, -0.2) is 37.5 Å². The summed E-state index contributed by atoms with van der Waals surface area (Å²) in [4.78, 5) is 22.9. The number of fused-ring (bicyclic) bond motifs is 1. The van der Waals surface area contributed by atoms with Gasteiger partial charge < -0.3 is 9.88 Å². The fourth-order valence-corrected chi connectivity index (χ4v) is 3.71. The first-order valence-corrected chi connectivity index (χ1v) is 9.15. The number of aromatic nitrogens is 4. The standard InChI is InChI=1S/C19H22FN5O/c1-2-5-14-13(11-21-24-14)19(26)25-9-4-3-6-17(25)18-22-15-8-7-12(20)10-16(15)23-18/h7-8,10-11,17H,2-6,9H2,1H3,(H,21,24)(H,22,23)/t17-/m0/s1. The highest BCUT2D eigenvalue weighted by molar-refractivity contribution is 5.95. The summed E-state index contributed by atoms with van der Waals surface area (Å²) in [5.74, 6) is 0.407. The number of hydrogen-bond donors (Lipinski definition) is 2. The van der Waals surface area contributed by atoms with E-state index in [1.807, 2.05) is 4.90 Å². The molecular formula is C19H22FN5O. The Hall–Kier alpha value is -2.70. The number of aromatic amines is 2. The first-order chi connectivity index (χ1) is 12.7. The van der Waals surface area contributed by atoms with Gasteiger partial charge in [0.2, 0.25) is 0 Å². The van der Waals surface area contributed by atoms with E-state index in [0.29, 0.717) is 23.1 Å². The zero-order valence-corrected chi connectivity index (χ0v) is 14.8. The molecule has 3 heterocycles. The highest BCUT2D eigenvalue weighted by Crippen LogP contribution is 2.32. The Labute approximate surface area is 150 Å². The van der Waals surface area contributed by atoms with Gasteiger partial charge in [-0.3, -0.25) is 9.89 Å². The van der Waals surface area contributed by atoms with Crippen molar-refractivity contribution in [3.63, 3.8) is 0 Å². The van der Waals surface area contributed by atoms with Crippen LogP contribution in [0.2, 0.25) is 0 Å². The number of H-pyrrole nitrogens is 2. The van der Waals surface area contributed by atoms with Gasteiger partial charge in [-0.15, -0.1) is 0 Å². The van der Waals surface area contributed by atoms with Gasteiger partial charge in [0.05, 0.1) is 28.8 Å². The van der Waals surface area contributed by atoms with E-state index in [-0.39, 0.29) is 17.8 Å². The van der Waals surface area contributed by atoms with E-state index in [1.54, 1.807) is 12.3 Å². The van der Waals surface area contributed by atoms with Crippen LogP contribution in [-0.2, 0) is 6.42 Å². The Morgan fingerprint density at radius 3 is 3.12 bits per heavy atom. The lowest BCUT2D eigenvalue weighted by atomic mass is 10.00. The lowest BCUT2D eigenvalue weighted by Crippen LogP contribution is -2.39. The summed E-state index contributed by atoms with van der Waals surface area (Å²) in [6, 6.07) is 4.38. The summed E-state index contributed by atoms with van der Waals surface area (Å²) >= 11 is 0. The van der Waals surface area contributed by atoms with E-state index in [0.717, 1.165) is 43.6 Å². The lowest BCUT2D eigenvalue weighted by molar-refractivity contribution is 0.0600. The molecule has 4 rings (SSSR count). The van der Waals surface area contributed by atoms with Crippen LogP contribution < -0.4 is 0 Å². The number of benzene rings is 1. The molecule has 1 amide bonds. The molecule has 1 aliphatic heterocycles. The summed E-state index contributed by atoms with van der Waals surface area (Å²) in [6.45, 7) is 2.76. The van der Waals surface area contributed by atoms with Gasteiger partial charge in [0.15, 0.2) is 0 Å². The SMILES string of the molecule is CCCc1[nH]ncc1C(=O)N1CCCC[C@H]1c1nc2ccc(F)cc2[nH]1. The number of amides is 1. The number of halogens is 1. The van der Waals surface area contributed by atoms with Crippen molar-refractivity contribution in [1.29, 1.82) is 0 Å². The first-order valence-electron chi connectivity index (χ1n) is 9.15. The van der Waals surface area contributed by atoms with Gasteiger partial charge in [0.1, 0.15) is 11.6 Å². The zero-order chi connectivity index (χ0) is 18.1. The van der Waals surface area contributed by atoms with E-state index >= 15 is 0 Å². The van der Waals surface area contributed by atoms with Crippen molar-refractivity contribution in [2.45, 2.75) is 45.1 Å². The van der Waals surface area contributed by atoms with Gasteiger partial charge >= 0.3 is 0 Å². The molecule has 7 heteroatoms. The fourth-order valence-electron chi connectivity index (χ4n) is 3.71. The van der Waals surface area contributed by atoms with Gasteiger partial charge in [-0.25, -0.2) is 9.37 Å². The van der Waals surface area contributed by atoms with Crippen LogP contribution in [0.1, 0.15) is 60.5 Å². The topological polar surface area (TPSA) is 77.7 Å². The predicted octanol–water partition coefficient (Wildman–Crippen LogP) is 3.75. The van der Waals surface area contributed by atoms with Crippen LogP contribution in [0.3, 0.4) is 0 Å². The molecule has 1 fully saturated rings. The number of nitrogens with zero attached hydrogens (tertiary/aromatic N) is 3. The van der Waals surface area contributed by atoms with E-state index in [2.05, 4.69) is 27.1 Å². The Balaban J connectivity index is 1.67. The number of aryl methyl sites for hydroxylation is 1. The minimum absolute atomic E-state index is 0.0152. The first kappa shape index (κ1) is 16.8. The molecule has 26 heavy (non-hydrogen) atoms. The van der Waals surface area contributed by atoms with Gasteiger partial charge in [0.25, 0.3) is 5.91 Å². The molecule has 0 bridgehead atoms. The number of rotatable bonds is 4. The van der Waals surface area contributed by atoms with Crippen molar-refractivity contribution < 1.29 is 9.18 Å². The molecule has 1 aromatic carbocycles. The Kier molecular flexibility index (Phi) is 4.44. The van der Waals surface area contributed by atoms with Crippen LogP contribution in [0, 0.1) is 5.82 Å². The molecule has 136 valence electrons. The number of carbonyl (C=O) groups excluding carboxylic acids is 1. The third-order valence-corrected chi connectivity index (χ3v) is 4.99. The molecule has 0 unspecified atom stereocenters. The highest BCUT2D eigenvalue weighted by Gasteiger charge is 2.32. The van der Waals surface area contributed by atoms with E-state index in [4.69, 9.17) is 0 Å². The maximum atomic E-state index is 13.5. The van der Waals surface area contributed by atoms with Crippen molar-refractivity contribution in [2.75, 3.05) is 6.54 Å². The monoisotopic (exact) mass is 355 g/mol.